The van der Waals surface area contributed by atoms with Gasteiger partial charge in [0.05, 0.1) is 0 Å². The standard InChI is InChI=1S/C11H14FN3O3/c1-6(10(16)15-11(14)17)18-9-3-2-8(12)4-7(9)5-13/h2-4,6H,5,13H2,1H3,(H3,14,15,16,17). The van der Waals surface area contributed by atoms with Crippen LogP contribution in [0.25, 0.3) is 0 Å². The number of nitrogens with two attached hydrogens (primary N) is 2. The highest BCUT2D eigenvalue weighted by Gasteiger charge is 2.17. The van der Waals surface area contributed by atoms with Gasteiger partial charge in [-0.25, -0.2) is 9.18 Å². The zero-order valence-corrected chi connectivity index (χ0v) is 9.77. The Bertz CT molecular complexity index is 465. The molecule has 18 heavy (non-hydrogen) atoms. The lowest BCUT2D eigenvalue weighted by Gasteiger charge is -2.15. The molecule has 0 radical (unpaired) electrons. The summed E-state index contributed by atoms with van der Waals surface area (Å²) in [4.78, 5) is 21.9. The van der Waals surface area contributed by atoms with Crippen molar-refractivity contribution in [3.05, 3.63) is 29.6 Å². The molecule has 0 saturated carbocycles. The fraction of sp³-hybridized carbons (Fsp3) is 0.273. The minimum Gasteiger partial charge on any atom is -0.481 e. The Morgan fingerprint density at radius 3 is 2.72 bits per heavy atom. The largest absolute Gasteiger partial charge is 0.481 e. The molecule has 0 aliphatic rings. The van der Waals surface area contributed by atoms with Crippen LogP contribution in [0.2, 0.25) is 0 Å². The second-order valence-electron chi connectivity index (χ2n) is 3.57. The second kappa shape index (κ2) is 5.97. The molecule has 0 aliphatic carbocycles. The maximum atomic E-state index is 13.0. The maximum absolute atomic E-state index is 13.0. The number of rotatable bonds is 4. The molecule has 0 bridgehead atoms. The van der Waals surface area contributed by atoms with E-state index in [4.69, 9.17) is 16.2 Å². The first-order valence-electron chi connectivity index (χ1n) is 5.19. The quantitative estimate of drug-likeness (QED) is 0.716. The van der Waals surface area contributed by atoms with E-state index in [9.17, 15) is 14.0 Å². The van der Waals surface area contributed by atoms with Gasteiger partial charge in [0, 0.05) is 12.1 Å². The van der Waals surface area contributed by atoms with Crippen LogP contribution in [0.1, 0.15) is 12.5 Å². The lowest BCUT2D eigenvalue weighted by Crippen LogP contribution is -2.42. The number of hydrogen-bond acceptors (Lipinski definition) is 4. The van der Waals surface area contributed by atoms with Gasteiger partial charge < -0.3 is 16.2 Å². The van der Waals surface area contributed by atoms with E-state index in [-0.39, 0.29) is 12.3 Å². The normalized spacial score (nSPS) is 11.7. The number of primary amides is 1. The Morgan fingerprint density at radius 2 is 2.17 bits per heavy atom. The molecule has 98 valence electrons. The summed E-state index contributed by atoms with van der Waals surface area (Å²) in [5, 5.41) is 1.88. The molecular formula is C11H14FN3O3. The third-order valence-electron chi connectivity index (χ3n) is 2.16. The Hall–Kier alpha value is -2.15. The van der Waals surface area contributed by atoms with Gasteiger partial charge in [0.25, 0.3) is 5.91 Å². The molecule has 7 heteroatoms. The molecule has 0 fully saturated rings. The SMILES string of the molecule is CC(Oc1ccc(F)cc1CN)C(=O)NC(N)=O. The van der Waals surface area contributed by atoms with Crippen LogP contribution in [-0.2, 0) is 11.3 Å². The Labute approximate surface area is 103 Å². The Balaban J connectivity index is 2.78. The fourth-order valence-corrected chi connectivity index (χ4v) is 1.29. The van der Waals surface area contributed by atoms with Crippen molar-refractivity contribution in [2.24, 2.45) is 11.5 Å². The van der Waals surface area contributed by atoms with Crippen molar-refractivity contribution in [1.29, 1.82) is 0 Å². The molecule has 1 aromatic carbocycles. The zero-order chi connectivity index (χ0) is 13.7. The van der Waals surface area contributed by atoms with Crippen molar-refractivity contribution in [2.45, 2.75) is 19.6 Å². The minimum absolute atomic E-state index is 0.0667. The predicted octanol–water partition coefficient (Wildman–Crippen LogP) is 0.247. The lowest BCUT2D eigenvalue weighted by atomic mass is 10.2. The summed E-state index contributed by atoms with van der Waals surface area (Å²) in [6.07, 6.45) is -0.951. The van der Waals surface area contributed by atoms with Gasteiger partial charge >= 0.3 is 6.03 Å². The van der Waals surface area contributed by atoms with E-state index in [1.54, 1.807) is 0 Å². The van der Waals surface area contributed by atoms with E-state index >= 15 is 0 Å². The summed E-state index contributed by atoms with van der Waals surface area (Å²) in [5.74, 6) is -0.849. The van der Waals surface area contributed by atoms with Crippen molar-refractivity contribution in [2.75, 3.05) is 0 Å². The number of urea groups is 1. The number of carbonyl (C=O) groups excluding carboxylic acids is 2. The molecule has 0 aliphatic heterocycles. The highest BCUT2D eigenvalue weighted by Crippen LogP contribution is 2.20. The summed E-state index contributed by atoms with van der Waals surface area (Å²) in [5.41, 5.74) is 10.7. The summed E-state index contributed by atoms with van der Waals surface area (Å²) < 4.78 is 18.2. The molecule has 0 heterocycles. The molecule has 1 aromatic rings. The monoisotopic (exact) mass is 255 g/mol. The predicted molar refractivity (Wildman–Crippen MR) is 62.1 cm³/mol. The lowest BCUT2D eigenvalue weighted by molar-refractivity contribution is -0.126. The Morgan fingerprint density at radius 1 is 1.50 bits per heavy atom. The number of amides is 3. The molecule has 1 rings (SSSR count). The molecule has 3 amide bonds. The molecule has 1 unspecified atom stereocenters. The van der Waals surface area contributed by atoms with Crippen LogP contribution < -0.4 is 21.5 Å². The van der Waals surface area contributed by atoms with Crippen LogP contribution in [0, 0.1) is 5.82 Å². The molecule has 1 atom stereocenters. The molecule has 0 aromatic heterocycles. The van der Waals surface area contributed by atoms with E-state index in [2.05, 4.69) is 0 Å². The first kappa shape index (κ1) is 13.9. The van der Waals surface area contributed by atoms with Gasteiger partial charge in [0.1, 0.15) is 11.6 Å². The van der Waals surface area contributed by atoms with Crippen LogP contribution in [0.4, 0.5) is 9.18 Å². The first-order chi connectivity index (χ1) is 8.43. The van der Waals surface area contributed by atoms with Crippen molar-refractivity contribution in [3.8, 4) is 5.75 Å². The van der Waals surface area contributed by atoms with Crippen molar-refractivity contribution in [1.82, 2.24) is 5.32 Å². The van der Waals surface area contributed by atoms with Crippen LogP contribution in [0.15, 0.2) is 18.2 Å². The third-order valence-corrected chi connectivity index (χ3v) is 2.16. The fourth-order valence-electron chi connectivity index (χ4n) is 1.29. The van der Waals surface area contributed by atoms with Gasteiger partial charge in [0.15, 0.2) is 6.10 Å². The number of benzene rings is 1. The number of imide groups is 1. The molecule has 0 saturated heterocycles. The molecular weight excluding hydrogens is 241 g/mol. The van der Waals surface area contributed by atoms with Gasteiger partial charge in [-0.3, -0.25) is 10.1 Å². The van der Waals surface area contributed by atoms with Gasteiger partial charge in [0.2, 0.25) is 0 Å². The summed E-state index contributed by atoms with van der Waals surface area (Å²) >= 11 is 0. The average Bonchev–Trinajstić information content (AvgIpc) is 2.30. The van der Waals surface area contributed by atoms with E-state index in [0.29, 0.717) is 5.56 Å². The minimum atomic E-state index is -0.964. The summed E-state index contributed by atoms with van der Waals surface area (Å²) in [7, 11) is 0. The van der Waals surface area contributed by atoms with Crippen LogP contribution >= 0.6 is 0 Å². The van der Waals surface area contributed by atoms with Gasteiger partial charge in [-0.1, -0.05) is 0 Å². The highest BCUT2D eigenvalue weighted by atomic mass is 19.1. The number of halogens is 1. The van der Waals surface area contributed by atoms with E-state index < -0.39 is 23.9 Å². The smallest absolute Gasteiger partial charge is 0.318 e. The van der Waals surface area contributed by atoms with Crippen molar-refractivity contribution < 1.29 is 18.7 Å². The van der Waals surface area contributed by atoms with Crippen molar-refractivity contribution in [3.63, 3.8) is 0 Å². The Kier molecular flexibility index (Phi) is 4.61. The number of ether oxygens (including phenoxy) is 1. The summed E-state index contributed by atoms with van der Waals surface area (Å²) in [6.45, 7) is 1.50. The summed E-state index contributed by atoms with van der Waals surface area (Å²) in [6, 6.07) is 2.81. The molecule has 0 spiro atoms. The first-order valence-corrected chi connectivity index (χ1v) is 5.19. The van der Waals surface area contributed by atoms with E-state index in [1.165, 1.54) is 25.1 Å². The zero-order valence-electron chi connectivity index (χ0n) is 9.77. The van der Waals surface area contributed by atoms with Crippen LogP contribution in [0.5, 0.6) is 5.75 Å². The van der Waals surface area contributed by atoms with E-state index in [0.717, 1.165) is 0 Å². The maximum Gasteiger partial charge on any atom is 0.318 e. The van der Waals surface area contributed by atoms with Gasteiger partial charge in [-0.2, -0.15) is 0 Å². The highest BCUT2D eigenvalue weighted by molar-refractivity contribution is 5.95. The van der Waals surface area contributed by atoms with Crippen molar-refractivity contribution >= 4 is 11.9 Å². The number of nitrogens with one attached hydrogen (secondary N) is 1. The number of hydrogen-bond donors (Lipinski definition) is 3. The third kappa shape index (κ3) is 3.70. The van der Waals surface area contributed by atoms with E-state index in [1.807, 2.05) is 5.32 Å². The van der Waals surface area contributed by atoms with Crippen LogP contribution in [0.3, 0.4) is 0 Å². The average molecular weight is 255 g/mol. The number of carbonyl (C=O) groups is 2. The van der Waals surface area contributed by atoms with Crippen LogP contribution in [-0.4, -0.2) is 18.0 Å². The van der Waals surface area contributed by atoms with Gasteiger partial charge in [-0.05, 0) is 25.1 Å². The van der Waals surface area contributed by atoms with Gasteiger partial charge in [-0.15, -0.1) is 0 Å². The topological polar surface area (TPSA) is 107 Å². The molecule has 5 N–H and O–H groups in total. The second-order valence-corrected chi connectivity index (χ2v) is 3.57. The molecule has 6 nitrogen and oxygen atoms in total.